The number of hydrogen-bond acceptors (Lipinski definition) is 12. The summed E-state index contributed by atoms with van der Waals surface area (Å²) in [5, 5.41) is 9.25. The number of ether oxygens (including phenoxy) is 2. The minimum atomic E-state index is -0.792. The first-order valence-corrected chi connectivity index (χ1v) is 23.1. The van der Waals surface area contributed by atoms with E-state index in [9.17, 15) is 24.0 Å². The van der Waals surface area contributed by atoms with E-state index in [0.717, 1.165) is 75.6 Å². The van der Waals surface area contributed by atoms with Gasteiger partial charge in [0.2, 0.25) is 17.8 Å². The highest BCUT2D eigenvalue weighted by atomic mass is 35.5. The number of carbonyl (C=O) groups is 4. The summed E-state index contributed by atoms with van der Waals surface area (Å²) in [6.07, 6.45) is 7.59. The number of anilines is 3. The quantitative estimate of drug-likeness (QED) is 0.147. The maximum atomic E-state index is 16.3. The van der Waals surface area contributed by atoms with Crippen LogP contribution in [0.25, 0.3) is 10.9 Å². The van der Waals surface area contributed by atoms with Crippen LogP contribution in [0, 0.1) is 5.82 Å². The molecule has 16 nitrogen and oxygen atoms in total. The summed E-state index contributed by atoms with van der Waals surface area (Å²) in [6, 6.07) is 9.63. The molecule has 4 amide bonds. The maximum absolute atomic E-state index is 16.3. The molecule has 6 heterocycles. The Kier molecular flexibility index (Phi) is 12.6. The van der Waals surface area contributed by atoms with Crippen molar-refractivity contribution in [2.24, 2.45) is 0 Å². The van der Waals surface area contributed by atoms with Crippen molar-refractivity contribution in [3.8, 4) is 5.75 Å². The number of benzene rings is 2. The molecule has 344 valence electrons. The van der Waals surface area contributed by atoms with E-state index in [0.29, 0.717) is 45.2 Å². The zero-order valence-electron chi connectivity index (χ0n) is 37.1. The van der Waals surface area contributed by atoms with E-state index in [-0.39, 0.29) is 78.5 Å². The van der Waals surface area contributed by atoms with E-state index in [4.69, 9.17) is 26.1 Å². The van der Waals surface area contributed by atoms with Crippen molar-refractivity contribution in [3.63, 3.8) is 0 Å². The van der Waals surface area contributed by atoms with Crippen LogP contribution in [0.3, 0.4) is 0 Å². The molecule has 4 aliphatic heterocycles. The third-order valence-electron chi connectivity index (χ3n) is 13.9. The molecule has 2 aromatic carbocycles. The SMILES string of the molecule is CNC(=O)COc1cc2cc(Nc3nc(N4CCC(OC5CC(N6CCC(c7ccc8c(c7F)[C@@H](C)N([C@@H]7CCC(=O)NC7=O)C8=O)CC6)C5)CC4)ncc3Cl)ccc2n(C(C)C)c1=O. The zero-order valence-corrected chi connectivity index (χ0v) is 37.8. The largest absolute Gasteiger partial charge is 0.478 e. The number of hydrogen-bond donors (Lipinski definition) is 3. The Bertz CT molecular complexity index is 2590. The van der Waals surface area contributed by atoms with Crippen molar-refractivity contribution in [1.29, 1.82) is 0 Å². The number of likely N-dealkylation sites (tertiary alicyclic amines) is 1. The van der Waals surface area contributed by atoms with Crippen LogP contribution in [-0.2, 0) is 19.1 Å². The van der Waals surface area contributed by atoms with Gasteiger partial charge >= 0.3 is 0 Å². The number of carbonyl (C=O) groups excluding carboxylic acids is 4. The lowest BCUT2D eigenvalue weighted by molar-refractivity contribution is -0.137. The summed E-state index contributed by atoms with van der Waals surface area (Å²) in [5.41, 5.74) is 2.41. The van der Waals surface area contributed by atoms with Gasteiger partial charge in [-0.2, -0.15) is 4.98 Å². The summed E-state index contributed by atoms with van der Waals surface area (Å²) in [6.45, 7) is 8.52. The van der Waals surface area contributed by atoms with Gasteiger partial charge in [-0.3, -0.25) is 29.3 Å². The van der Waals surface area contributed by atoms with Crippen LogP contribution >= 0.6 is 11.6 Å². The second-order valence-corrected chi connectivity index (χ2v) is 18.6. The van der Waals surface area contributed by atoms with Gasteiger partial charge in [-0.15, -0.1) is 0 Å². The van der Waals surface area contributed by atoms with E-state index in [1.54, 1.807) is 35.9 Å². The molecule has 3 saturated heterocycles. The number of fused-ring (bicyclic) bond motifs is 2. The number of piperidine rings is 3. The van der Waals surface area contributed by atoms with Gasteiger partial charge in [0.05, 0.1) is 30.0 Å². The van der Waals surface area contributed by atoms with E-state index in [2.05, 4.69) is 30.7 Å². The lowest BCUT2D eigenvalue weighted by Crippen LogP contribution is -2.53. The van der Waals surface area contributed by atoms with E-state index in [1.165, 1.54) is 11.9 Å². The number of nitrogens with zero attached hydrogens (tertiary/aromatic N) is 6. The number of halogens is 2. The van der Waals surface area contributed by atoms with Crippen LogP contribution in [0.4, 0.5) is 21.8 Å². The minimum Gasteiger partial charge on any atom is -0.478 e. The van der Waals surface area contributed by atoms with Crippen molar-refractivity contribution in [1.82, 2.24) is 35.0 Å². The van der Waals surface area contributed by atoms with Crippen LogP contribution < -0.4 is 31.1 Å². The Morgan fingerprint density at radius 2 is 1.74 bits per heavy atom. The summed E-state index contributed by atoms with van der Waals surface area (Å²) in [5.74, 6) is -0.755. The van der Waals surface area contributed by atoms with Gasteiger partial charge in [0.15, 0.2) is 18.2 Å². The average molecular weight is 912 g/mol. The molecule has 5 aliphatic rings. The molecule has 0 spiro atoms. The highest BCUT2D eigenvalue weighted by molar-refractivity contribution is 6.33. The van der Waals surface area contributed by atoms with Crippen LogP contribution in [-0.4, -0.2) is 112 Å². The first-order chi connectivity index (χ1) is 31.3. The van der Waals surface area contributed by atoms with Crippen LogP contribution in [0.15, 0.2) is 47.4 Å². The van der Waals surface area contributed by atoms with Crippen molar-refractivity contribution in [2.75, 3.05) is 50.1 Å². The monoisotopic (exact) mass is 911 g/mol. The number of aromatic nitrogens is 3. The molecule has 0 unspecified atom stereocenters. The second-order valence-electron chi connectivity index (χ2n) is 18.2. The molecule has 4 fully saturated rings. The predicted octanol–water partition coefficient (Wildman–Crippen LogP) is 5.75. The molecule has 0 bridgehead atoms. The van der Waals surface area contributed by atoms with Gasteiger partial charge < -0.3 is 39.4 Å². The standard InChI is InChI=1S/C47H55ClFN9O7/c1-25(2)57-36-8-5-29(19-28(36)20-38(46(57)63)64-24-40(60)50-4)52-43-35(48)23-51-47(54-43)56-17-13-31(14-18-56)65-32-21-30(22-32)55-15-11-27(12-16-55)33-6-7-34-41(42(33)49)26(3)58(45(34)62)37-9-10-39(59)53-44(37)61/h5-8,19-20,23,25-27,30-32,37H,9-18,21-22,24H2,1-4H3,(H,50,60)(H,51,52,54)(H,53,59,61)/t26-,30?,32?,37-/m1/s1. The van der Waals surface area contributed by atoms with Crippen LogP contribution in [0.1, 0.15) is 112 Å². The third-order valence-corrected chi connectivity index (χ3v) is 14.1. The molecule has 3 N–H and O–H groups in total. The Morgan fingerprint density at radius 3 is 2.45 bits per heavy atom. The van der Waals surface area contributed by atoms with Gasteiger partial charge in [-0.05, 0) is 121 Å². The van der Waals surface area contributed by atoms with Gasteiger partial charge in [0.1, 0.15) is 16.9 Å². The minimum absolute atomic E-state index is 0.0413. The number of likely N-dealkylation sites (N-methyl/N-ethyl adjacent to an activating group) is 1. The Balaban J connectivity index is 0.752. The Morgan fingerprint density at radius 1 is 0.985 bits per heavy atom. The van der Waals surface area contributed by atoms with Gasteiger partial charge in [0.25, 0.3) is 17.4 Å². The molecule has 2 aromatic heterocycles. The summed E-state index contributed by atoms with van der Waals surface area (Å²) >= 11 is 6.60. The molecule has 0 radical (unpaired) electrons. The number of imide groups is 1. The van der Waals surface area contributed by atoms with Crippen molar-refractivity contribution < 1.29 is 33.0 Å². The predicted molar refractivity (Wildman–Crippen MR) is 242 cm³/mol. The fraction of sp³-hybridized carbons (Fsp3) is 0.511. The van der Waals surface area contributed by atoms with Crippen molar-refractivity contribution in [3.05, 3.63) is 80.5 Å². The van der Waals surface area contributed by atoms with Crippen LogP contribution in [0.2, 0.25) is 5.02 Å². The van der Waals surface area contributed by atoms with E-state index in [1.807, 2.05) is 32.0 Å². The molecular formula is C47H55ClFN9O7. The maximum Gasteiger partial charge on any atom is 0.293 e. The molecule has 65 heavy (non-hydrogen) atoms. The molecule has 1 saturated carbocycles. The highest BCUT2D eigenvalue weighted by Gasteiger charge is 2.45. The normalized spacial score (nSPS) is 23.2. The smallest absolute Gasteiger partial charge is 0.293 e. The van der Waals surface area contributed by atoms with Crippen molar-refractivity contribution in [2.45, 2.75) is 114 Å². The lowest BCUT2D eigenvalue weighted by atomic mass is 9.82. The number of rotatable bonds is 12. The molecule has 1 aliphatic carbocycles. The number of nitrogens with one attached hydrogen (secondary N) is 3. The molecule has 4 aromatic rings. The first-order valence-electron chi connectivity index (χ1n) is 22.7. The number of amides is 4. The van der Waals surface area contributed by atoms with Crippen LogP contribution in [0.5, 0.6) is 5.75 Å². The molecule has 9 rings (SSSR count). The second kappa shape index (κ2) is 18.3. The first kappa shape index (κ1) is 44.5. The fourth-order valence-corrected chi connectivity index (χ4v) is 10.4. The molecular weight excluding hydrogens is 857 g/mol. The topological polar surface area (TPSA) is 180 Å². The Labute approximate surface area is 381 Å². The Hall–Kier alpha value is -5.65. The number of pyridine rings is 1. The van der Waals surface area contributed by atoms with Gasteiger partial charge in [0, 0.05) is 60.8 Å². The molecule has 18 heteroatoms. The fourth-order valence-electron chi connectivity index (χ4n) is 10.3. The van der Waals surface area contributed by atoms with E-state index >= 15 is 4.39 Å². The lowest BCUT2D eigenvalue weighted by Gasteiger charge is -2.47. The summed E-state index contributed by atoms with van der Waals surface area (Å²) in [7, 11) is 1.51. The summed E-state index contributed by atoms with van der Waals surface area (Å²) < 4.78 is 30.1. The summed E-state index contributed by atoms with van der Waals surface area (Å²) in [4.78, 5) is 78.2. The highest BCUT2D eigenvalue weighted by Crippen LogP contribution is 2.43. The van der Waals surface area contributed by atoms with Gasteiger partial charge in [-0.1, -0.05) is 17.7 Å². The van der Waals surface area contributed by atoms with E-state index < -0.39 is 18.0 Å². The molecule has 2 atom stereocenters. The zero-order chi connectivity index (χ0) is 45.7. The average Bonchev–Trinajstić information content (AvgIpc) is 3.53. The van der Waals surface area contributed by atoms with Crippen molar-refractivity contribution >= 4 is 63.6 Å². The van der Waals surface area contributed by atoms with Gasteiger partial charge in [-0.25, -0.2) is 9.37 Å². The third kappa shape index (κ3) is 8.77.